The SMILES string of the molecule is CNC(=O)NC(=O)[C@H]([NH2+]C[C@H]1COc2ccccc2O1)c1ccccc1. The number of carbonyl (C=O) groups excluding carboxylic acids is 2. The number of benzene rings is 2. The van der Waals surface area contributed by atoms with Crippen molar-refractivity contribution in [3.05, 3.63) is 60.2 Å². The molecule has 3 amide bonds. The van der Waals surface area contributed by atoms with Gasteiger partial charge in [0.2, 0.25) is 0 Å². The maximum absolute atomic E-state index is 12.5. The average Bonchev–Trinajstić information content (AvgIpc) is 2.68. The lowest BCUT2D eigenvalue weighted by molar-refractivity contribution is -0.688. The molecule has 7 heteroatoms. The van der Waals surface area contributed by atoms with Crippen LogP contribution in [-0.2, 0) is 4.79 Å². The third kappa shape index (κ3) is 4.31. The largest absolute Gasteiger partial charge is 0.486 e. The fraction of sp³-hybridized carbons (Fsp3) is 0.263. The van der Waals surface area contributed by atoms with Gasteiger partial charge in [-0.3, -0.25) is 10.1 Å². The highest BCUT2D eigenvalue weighted by Crippen LogP contribution is 2.30. The van der Waals surface area contributed by atoms with Gasteiger partial charge in [-0.2, -0.15) is 0 Å². The van der Waals surface area contributed by atoms with Crippen LogP contribution in [0.5, 0.6) is 11.5 Å². The topological polar surface area (TPSA) is 93.3 Å². The van der Waals surface area contributed by atoms with Crippen molar-refractivity contribution >= 4 is 11.9 Å². The van der Waals surface area contributed by atoms with Crippen LogP contribution >= 0.6 is 0 Å². The zero-order valence-electron chi connectivity index (χ0n) is 14.5. The van der Waals surface area contributed by atoms with Gasteiger partial charge in [0.1, 0.15) is 13.2 Å². The number of hydrogen-bond donors (Lipinski definition) is 3. The number of nitrogens with one attached hydrogen (secondary N) is 2. The summed E-state index contributed by atoms with van der Waals surface area (Å²) in [6.45, 7) is 0.918. The smallest absolute Gasteiger partial charge is 0.321 e. The number of amides is 3. The lowest BCUT2D eigenvalue weighted by Crippen LogP contribution is -2.90. The summed E-state index contributed by atoms with van der Waals surface area (Å²) in [6.07, 6.45) is -0.191. The van der Waals surface area contributed by atoms with Crippen molar-refractivity contribution in [2.24, 2.45) is 0 Å². The molecule has 2 aromatic carbocycles. The first-order chi connectivity index (χ1) is 12.7. The monoisotopic (exact) mass is 356 g/mol. The van der Waals surface area contributed by atoms with Crippen LogP contribution in [0.3, 0.4) is 0 Å². The molecule has 0 unspecified atom stereocenters. The first-order valence-electron chi connectivity index (χ1n) is 8.46. The highest BCUT2D eigenvalue weighted by Gasteiger charge is 2.29. The Balaban J connectivity index is 1.66. The first kappa shape index (κ1) is 17.8. The molecule has 136 valence electrons. The van der Waals surface area contributed by atoms with E-state index in [1.807, 2.05) is 59.9 Å². The summed E-state index contributed by atoms with van der Waals surface area (Å²) in [4.78, 5) is 24.0. The molecule has 0 saturated carbocycles. The van der Waals surface area contributed by atoms with Gasteiger partial charge in [-0.1, -0.05) is 42.5 Å². The summed E-state index contributed by atoms with van der Waals surface area (Å²) in [7, 11) is 1.47. The van der Waals surface area contributed by atoms with Crippen LogP contribution < -0.4 is 25.4 Å². The van der Waals surface area contributed by atoms with Gasteiger partial charge in [-0.25, -0.2) is 4.79 Å². The zero-order valence-corrected chi connectivity index (χ0v) is 14.5. The standard InChI is InChI=1S/C19H21N3O4/c1-20-19(24)22-18(23)17(13-7-3-2-4-8-13)21-11-14-12-25-15-9-5-6-10-16(15)26-14/h2-10,14,17,21H,11-12H2,1H3,(H2,20,22,23,24)/p+1/t14-,17+/m0/s1. The molecule has 3 rings (SSSR count). The van der Waals surface area contributed by atoms with E-state index in [-0.39, 0.29) is 12.0 Å². The van der Waals surface area contributed by atoms with Crippen molar-refractivity contribution < 1.29 is 24.4 Å². The van der Waals surface area contributed by atoms with Crippen LogP contribution in [0.1, 0.15) is 11.6 Å². The Morgan fingerprint density at radius 2 is 1.81 bits per heavy atom. The van der Waals surface area contributed by atoms with Crippen molar-refractivity contribution in [1.29, 1.82) is 0 Å². The number of quaternary nitrogens is 1. The highest BCUT2D eigenvalue weighted by molar-refractivity contribution is 5.96. The molecule has 0 aromatic heterocycles. The third-order valence-corrected chi connectivity index (χ3v) is 4.11. The normalized spacial score (nSPS) is 16.4. The van der Waals surface area contributed by atoms with Crippen LogP contribution in [0, 0.1) is 0 Å². The Hall–Kier alpha value is -3.06. The van der Waals surface area contributed by atoms with E-state index in [1.165, 1.54) is 7.05 Å². The van der Waals surface area contributed by atoms with Gasteiger partial charge < -0.3 is 20.1 Å². The van der Waals surface area contributed by atoms with E-state index in [9.17, 15) is 9.59 Å². The molecule has 0 bridgehead atoms. The van der Waals surface area contributed by atoms with Gasteiger partial charge in [0.15, 0.2) is 23.6 Å². The number of rotatable bonds is 5. The van der Waals surface area contributed by atoms with Gasteiger partial charge in [0, 0.05) is 12.6 Å². The molecule has 7 nitrogen and oxygen atoms in total. The fourth-order valence-electron chi connectivity index (χ4n) is 2.77. The molecular weight excluding hydrogens is 334 g/mol. The number of hydrogen-bond acceptors (Lipinski definition) is 4. The second-order valence-electron chi connectivity index (χ2n) is 5.93. The van der Waals surface area contributed by atoms with Crippen molar-refractivity contribution in [3.63, 3.8) is 0 Å². The Labute approximate surface area is 151 Å². The maximum Gasteiger partial charge on any atom is 0.321 e. The van der Waals surface area contributed by atoms with E-state index in [2.05, 4.69) is 10.6 Å². The van der Waals surface area contributed by atoms with Crippen LogP contribution in [0.15, 0.2) is 54.6 Å². The van der Waals surface area contributed by atoms with Crippen LogP contribution in [0.2, 0.25) is 0 Å². The van der Waals surface area contributed by atoms with Gasteiger partial charge in [-0.05, 0) is 12.1 Å². The number of nitrogens with two attached hydrogens (primary N) is 1. The number of ether oxygens (including phenoxy) is 2. The first-order valence-corrected chi connectivity index (χ1v) is 8.46. The molecule has 0 saturated heterocycles. The molecule has 1 aliphatic heterocycles. The molecule has 0 radical (unpaired) electrons. The minimum Gasteiger partial charge on any atom is -0.486 e. The van der Waals surface area contributed by atoms with Crippen molar-refractivity contribution in [2.45, 2.75) is 12.1 Å². The van der Waals surface area contributed by atoms with Crippen LogP contribution in [0.4, 0.5) is 4.79 Å². The van der Waals surface area contributed by atoms with E-state index < -0.39 is 12.1 Å². The summed E-state index contributed by atoms with van der Waals surface area (Å²) in [6, 6.07) is 15.7. The second-order valence-corrected chi connectivity index (χ2v) is 5.93. The molecule has 1 heterocycles. The van der Waals surface area contributed by atoms with E-state index >= 15 is 0 Å². The van der Waals surface area contributed by atoms with E-state index in [1.54, 1.807) is 0 Å². The molecular formula is C19H22N3O4+. The molecule has 0 fully saturated rings. The molecule has 0 aliphatic carbocycles. The predicted molar refractivity (Wildman–Crippen MR) is 94.9 cm³/mol. The minimum atomic E-state index is -0.561. The zero-order chi connectivity index (χ0) is 18.4. The van der Waals surface area contributed by atoms with E-state index in [4.69, 9.17) is 9.47 Å². The Morgan fingerprint density at radius 3 is 2.54 bits per heavy atom. The third-order valence-electron chi connectivity index (χ3n) is 4.11. The molecule has 2 aromatic rings. The summed E-state index contributed by atoms with van der Waals surface area (Å²) in [5.74, 6) is 1.04. The highest BCUT2D eigenvalue weighted by atomic mass is 16.6. The number of fused-ring (bicyclic) bond motifs is 1. The Bertz CT molecular complexity index is 766. The van der Waals surface area contributed by atoms with Gasteiger partial charge in [0.05, 0.1) is 0 Å². The predicted octanol–water partition coefficient (Wildman–Crippen LogP) is 0.587. The average molecular weight is 356 g/mol. The fourth-order valence-corrected chi connectivity index (χ4v) is 2.77. The van der Waals surface area contributed by atoms with Gasteiger partial charge in [0.25, 0.3) is 5.91 Å². The number of carbonyl (C=O) groups is 2. The Morgan fingerprint density at radius 1 is 1.12 bits per heavy atom. The quantitative estimate of drug-likeness (QED) is 0.731. The summed E-state index contributed by atoms with van der Waals surface area (Å²) < 4.78 is 11.6. The van der Waals surface area contributed by atoms with Crippen LogP contribution in [-0.4, -0.2) is 38.2 Å². The van der Waals surface area contributed by atoms with E-state index in [0.717, 1.165) is 11.3 Å². The Kier molecular flexibility index (Phi) is 5.70. The summed E-state index contributed by atoms with van der Waals surface area (Å²) >= 11 is 0. The van der Waals surface area contributed by atoms with Crippen LogP contribution in [0.25, 0.3) is 0 Å². The molecule has 1 aliphatic rings. The van der Waals surface area contributed by atoms with Gasteiger partial charge in [-0.15, -0.1) is 0 Å². The molecule has 0 spiro atoms. The van der Waals surface area contributed by atoms with Crippen molar-refractivity contribution in [1.82, 2.24) is 10.6 Å². The van der Waals surface area contributed by atoms with Crippen molar-refractivity contribution in [3.8, 4) is 11.5 Å². The molecule has 26 heavy (non-hydrogen) atoms. The second kappa shape index (κ2) is 8.35. The van der Waals surface area contributed by atoms with Crippen molar-refractivity contribution in [2.75, 3.05) is 20.2 Å². The molecule has 4 N–H and O–H groups in total. The number of para-hydroxylation sites is 2. The van der Waals surface area contributed by atoms with E-state index in [0.29, 0.717) is 18.9 Å². The lowest BCUT2D eigenvalue weighted by atomic mass is 10.1. The lowest BCUT2D eigenvalue weighted by Gasteiger charge is -2.26. The minimum absolute atomic E-state index is 0.191. The van der Waals surface area contributed by atoms with Gasteiger partial charge >= 0.3 is 6.03 Å². The summed E-state index contributed by atoms with van der Waals surface area (Å²) in [5, 5.41) is 6.59. The number of imide groups is 1. The molecule has 2 atom stereocenters. The maximum atomic E-state index is 12.5. The number of urea groups is 1. The summed E-state index contributed by atoms with van der Waals surface area (Å²) in [5.41, 5.74) is 0.811.